The number of hydrogen-bond donors (Lipinski definition) is 2. The standard InChI is InChI=1S/C15H26N2O/c1-10-4-2-5-11(10)8-17-15(18)14-13-7-3-6-12(13)9-16-14/h10-14,16H,2-9H2,1H3,(H,17,18). The molecule has 5 unspecified atom stereocenters. The molecule has 1 aliphatic heterocycles. The molecule has 3 heteroatoms. The Morgan fingerprint density at radius 1 is 1.22 bits per heavy atom. The SMILES string of the molecule is CC1CCCC1CNC(=O)C1NCC2CCCC21. The second-order valence-corrected chi connectivity index (χ2v) is 6.65. The third-order valence-electron chi connectivity index (χ3n) is 5.61. The van der Waals surface area contributed by atoms with Crippen molar-refractivity contribution >= 4 is 5.91 Å². The second-order valence-electron chi connectivity index (χ2n) is 6.65. The molecule has 0 spiro atoms. The summed E-state index contributed by atoms with van der Waals surface area (Å²) in [5.41, 5.74) is 0. The molecule has 2 aliphatic carbocycles. The zero-order chi connectivity index (χ0) is 12.5. The Morgan fingerprint density at radius 3 is 2.83 bits per heavy atom. The van der Waals surface area contributed by atoms with Crippen molar-refractivity contribution < 1.29 is 4.79 Å². The van der Waals surface area contributed by atoms with E-state index in [2.05, 4.69) is 17.6 Å². The first-order chi connectivity index (χ1) is 8.75. The minimum absolute atomic E-state index is 0.106. The largest absolute Gasteiger partial charge is 0.354 e. The van der Waals surface area contributed by atoms with Crippen LogP contribution in [0.1, 0.15) is 45.4 Å². The van der Waals surface area contributed by atoms with E-state index in [1.165, 1.54) is 38.5 Å². The van der Waals surface area contributed by atoms with E-state index < -0.39 is 0 Å². The summed E-state index contributed by atoms with van der Waals surface area (Å²) >= 11 is 0. The lowest BCUT2D eigenvalue weighted by molar-refractivity contribution is -0.124. The molecule has 3 nitrogen and oxygen atoms in total. The number of nitrogens with one attached hydrogen (secondary N) is 2. The van der Waals surface area contributed by atoms with E-state index in [1.807, 2.05) is 0 Å². The van der Waals surface area contributed by atoms with Crippen LogP contribution >= 0.6 is 0 Å². The van der Waals surface area contributed by atoms with Crippen LogP contribution < -0.4 is 10.6 Å². The van der Waals surface area contributed by atoms with Crippen LogP contribution in [0.3, 0.4) is 0 Å². The molecular weight excluding hydrogens is 224 g/mol. The molecule has 0 aromatic rings. The van der Waals surface area contributed by atoms with Gasteiger partial charge in [-0.25, -0.2) is 0 Å². The van der Waals surface area contributed by atoms with Gasteiger partial charge in [-0.2, -0.15) is 0 Å². The molecule has 0 aromatic heterocycles. The van der Waals surface area contributed by atoms with Gasteiger partial charge in [0.15, 0.2) is 0 Å². The molecule has 3 aliphatic rings. The molecule has 2 saturated carbocycles. The normalized spacial score (nSPS) is 43.1. The molecule has 3 fully saturated rings. The van der Waals surface area contributed by atoms with E-state index in [-0.39, 0.29) is 11.9 Å². The first-order valence-corrected chi connectivity index (χ1v) is 7.77. The van der Waals surface area contributed by atoms with E-state index in [9.17, 15) is 4.79 Å². The fourth-order valence-electron chi connectivity index (χ4n) is 4.34. The minimum atomic E-state index is 0.106. The highest BCUT2D eigenvalue weighted by Gasteiger charge is 2.42. The number of fused-ring (bicyclic) bond motifs is 1. The van der Waals surface area contributed by atoms with Crippen LogP contribution in [0.4, 0.5) is 0 Å². The second kappa shape index (κ2) is 5.20. The highest BCUT2D eigenvalue weighted by molar-refractivity contribution is 5.82. The van der Waals surface area contributed by atoms with Crippen LogP contribution in [-0.4, -0.2) is 25.0 Å². The third kappa shape index (κ3) is 2.29. The molecule has 2 N–H and O–H groups in total. The van der Waals surface area contributed by atoms with Gasteiger partial charge in [-0.1, -0.05) is 26.2 Å². The Balaban J connectivity index is 1.49. The van der Waals surface area contributed by atoms with Gasteiger partial charge in [-0.3, -0.25) is 4.79 Å². The number of carbonyl (C=O) groups is 1. The molecule has 0 bridgehead atoms. The zero-order valence-corrected chi connectivity index (χ0v) is 11.5. The number of amides is 1. The molecule has 5 atom stereocenters. The third-order valence-corrected chi connectivity index (χ3v) is 5.61. The Bertz CT molecular complexity index is 318. The molecule has 102 valence electrons. The van der Waals surface area contributed by atoms with Crippen LogP contribution in [0.15, 0.2) is 0 Å². The Kier molecular flexibility index (Phi) is 3.60. The number of rotatable bonds is 3. The fourth-order valence-corrected chi connectivity index (χ4v) is 4.34. The first-order valence-electron chi connectivity index (χ1n) is 7.77. The van der Waals surface area contributed by atoms with Crippen LogP contribution in [-0.2, 0) is 4.79 Å². The molecule has 1 saturated heterocycles. The summed E-state index contributed by atoms with van der Waals surface area (Å²) in [6.45, 7) is 4.28. The van der Waals surface area contributed by atoms with Gasteiger partial charge in [0.05, 0.1) is 6.04 Å². The molecule has 0 radical (unpaired) electrons. The molecular formula is C15H26N2O. The lowest BCUT2D eigenvalue weighted by atomic mass is 9.93. The summed E-state index contributed by atoms with van der Waals surface area (Å²) in [5.74, 6) is 3.16. The Hall–Kier alpha value is -0.570. The van der Waals surface area contributed by atoms with Crippen molar-refractivity contribution in [2.75, 3.05) is 13.1 Å². The lowest BCUT2D eigenvalue weighted by Gasteiger charge is -2.21. The monoisotopic (exact) mass is 250 g/mol. The summed E-state index contributed by atoms with van der Waals surface area (Å²) in [7, 11) is 0. The highest BCUT2D eigenvalue weighted by atomic mass is 16.2. The Morgan fingerprint density at radius 2 is 2.06 bits per heavy atom. The molecule has 1 heterocycles. The number of carbonyl (C=O) groups excluding carboxylic acids is 1. The predicted octanol–water partition coefficient (Wildman–Crippen LogP) is 1.93. The van der Waals surface area contributed by atoms with Crippen molar-refractivity contribution in [3.63, 3.8) is 0 Å². The lowest BCUT2D eigenvalue weighted by Crippen LogP contribution is -2.45. The fraction of sp³-hybridized carbons (Fsp3) is 0.933. The van der Waals surface area contributed by atoms with E-state index in [1.54, 1.807) is 0 Å². The molecule has 0 aromatic carbocycles. The van der Waals surface area contributed by atoms with Gasteiger partial charge in [-0.05, 0) is 49.5 Å². The van der Waals surface area contributed by atoms with Crippen LogP contribution in [0.2, 0.25) is 0 Å². The topological polar surface area (TPSA) is 41.1 Å². The van der Waals surface area contributed by atoms with Crippen molar-refractivity contribution in [3.8, 4) is 0 Å². The summed E-state index contributed by atoms with van der Waals surface area (Å²) in [5, 5.41) is 6.64. The summed E-state index contributed by atoms with van der Waals surface area (Å²) in [6.07, 6.45) is 7.86. The van der Waals surface area contributed by atoms with E-state index in [4.69, 9.17) is 0 Å². The average molecular weight is 250 g/mol. The maximum absolute atomic E-state index is 12.3. The van der Waals surface area contributed by atoms with Gasteiger partial charge in [0.2, 0.25) is 5.91 Å². The predicted molar refractivity (Wildman–Crippen MR) is 72.1 cm³/mol. The highest BCUT2D eigenvalue weighted by Crippen LogP contribution is 2.37. The maximum atomic E-state index is 12.3. The smallest absolute Gasteiger partial charge is 0.237 e. The summed E-state index contributed by atoms with van der Waals surface area (Å²) < 4.78 is 0. The first kappa shape index (κ1) is 12.5. The van der Waals surface area contributed by atoms with Crippen LogP contribution in [0, 0.1) is 23.7 Å². The van der Waals surface area contributed by atoms with Crippen LogP contribution in [0.5, 0.6) is 0 Å². The van der Waals surface area contributed by atoms with Crippen molar-refractivity contribution in [2.24, 2.45) is 23.7 Å². The molecule has 3 rings (SSSR count). The summed E-state index contributed by atoms with van der Waals surface area (Å²) in [4.78, 5) is 12.3. The van der Waals surface area contributed by atoms with Gasteiger partial charge in [0.1, 0.15) is 0 Å². The maximum Gasteiger partial charge on any atom is 0.237 e. The van der Waals surface area contributed by atoms with Crippen LogP contribution in [0.25, 0.3) is 0 Å². The van der Waals surface area contributed by atoms with E-state index in [0.29, 0.717) is 5.92 Å². The zero-order valence-electron chi connectivity index (χ0n) is 11.5. The van der Waals surface area contributed by atoms with Gasteiger partial charge in [0, 0.05) is 6.54 Å². The van der Waals surface area contributed by atoms with Crippen molar-refractivity contribution in [2.45, 2.75) is 51.5 Å². The van der Waals surface area contributed by atoms with E-state index in [0.717, 1.165) is 30.8 Å². The average Bonchev–Trinajstić information content (AvgIpc) is 3.01. The van der Waals surface area contributed by atoms with E-state index >= 15 is 0 Å². The van der Waals surface area contributed by atoms with Crippen molar-refractivity contribution in [3.05, 3.63) is 0 Å². The van der Waals surface area contributed by atoms with Crippen molar-refractivity contribution in [1.82, 2.24) is 10.6 Å². The Labute approximate surface area is 110 Å². The minimum Gasteiger partial charge on any atom is -0.354 e. The van der Waals surface area contributed by atoms with Crippen molar-refractivity contribution in [1.29, 1.82) is 0 Å². The molecule has 1 amide bonds. The number of hydrogen-bond acceptors (Lipinski definition) is 2. The van der Waals surface area contributed by atoms with Gasteiger partial charge in [0.25, 0.3) is 0 Å². The van der Waals surface area contributed by atoms with Gasteiger partial charge in [-0.15, -0.1) is 0 Å². The molecule has 18 heavy (non-hydrogen) atoms. The van der Waals surface area contributed by atoms with Gasteiger partial charge >= 0.3 is 0 Å². The quantitative estimate of drug-likeness (QED) is 0.803. The van der Waals surface area contributed by atoms with Gasteiger partial charge < -0.3 is 10.6 Å². The summed E-state index contributed by atoms with van der Waals surface area (Å²) in [6, 6.07) is 0.106.